The van der Waals surface area contributed by atoms with Crippen molar-refractivity contribution in [3.8, 4) is 28.3 Å². The Kier molecular flexibility index (Phi) is 11.5. The molecule has 305 valence electrons. The van der Waals surface area contributed by atoms with Crippen LogP contribution < -0.4 is 4.40 Å². The molecule has 5 aromatic carbocycles. The number of hydrogen-bond acceptors (Lipinski definition) is 3. The quantitative estimate of drug-likeness (QED) is 0.112. The molecule has 0 bridgehead atoms. The normalized spacial score (nSPS) is 15.3. The van der Waals surface area contributed by atoms with Crippen molar-refractivity contribution < 1.29 is 27.0 Å². The van der Waals surface area contributed by atoms with Gasteiger partial charge in [-0.05, 0) is 51.2 Å². The Morgan fingerprint density at radius 1 is 0.797 bits per heavy atom. The first kappa shape index (κ1) is 36.9. The summed E-state index contributed by atoms with van der Waals surface area (Å²) in [6.45, 7) is 6.94. The van der Waals surface area contributed by atoms with Gasteiger partial charge in [-0.25, -0.2) is 0 Å². The number of thiophene rings is 1. The Morgan fingerprint density at radius 3 is 2.20 bits per heavy atom. The van der Waals surface area contributed by atoms with Gasteiger partial charge in [-0.15, -0.1) is 23.8 Å². The zero-order valence-electron chi connectivity index (χ0n) is 40.2. The average Bonchev–Trinajstić information content (AvgIpc) is 3.84. The fourth-order valence-electron chi connectivity index (χ4n) is 8.37. The van der Waals surface area contributed by atoms with Crippen LogP contribution in [0.15, 0.2) is 109 Å². The predicted octanol–water partition coefficient (Wildman–Crippen LogP) is 14.6. The SMILES string of the molecule is CC(C)c1cccc(C(C)C)c1-n1c(-c2[c-]cc3sc4ccccc4c3c2)nc2ccccc21.[2H]C([2H])([2H])c1c[c-]c(-c2cc(C([2H])([2H])C3CCCCC3)[c]([Ge]([CH3])([CH3])[CH3])cn2)cc1.[Ir]. The summed E-state index contributed by atoms with van der Waals surface area (Å²) in [5, 5.41) is 2.57. The number of fused-ring (bicyclic) bond motifs is 4. The number of hydrogen-bond donors (Lipinski definition) is 0. The Morgan fingerprint density at radius 2 is 1.51 bits per heavy atom. The van der Waals surface area contributed by atoms with Crippen LogP contribution in [0, 0.1) is 24.9 Å². The van der Waals surface area contributed by atoms with Crippen LogP contribution in [0.25, 0.3) is 59.5 Å². The molecule has 6 heteroatoms. The number of imidazole rings is 1. The van der Waals surface area contributed by atoms with Gasteiger partial charge in [-0.1, -0.05) is 81.6 Å². The molecule has 3 heterocycles. The first-order valence-electron chi connectivity index (χ1n) is 23.4. The van der Waals surface area contributed by atoms with Crippen LogP contribution in [0.1, 0.15) is 101 Å². The third-order valence-electron chi connectivity index (χ3n) is 11.4. The van der Waals surface area contributed by atoms with Crippen molar-refractivity contribution >= 4 is 60.2 Å². The van der Waals surface area contributed by atoms with Gasteiger partial charge in [0.2, 0.25) is 0 Å². The zero-order valence-corrected chi connectivity index (χ0v) is 40.6. The molecule has 8 aromatic rings. The van der Waals surface area contributed by atoms with E-state index in [-0.39, 0.29) is 31.6 Å². The van der Waals surface area contributed by atoms with Crippen LogP contribution in [0.5, 0.6) is 0 Å². The van der Waals surface area contributed by atoms with Crippen LogP contribution >= 0.6 is 11.3 Å². The molecule has 0 spiro atoms. The minimum Gasteiger partial charge on any atom is 0 e. The van der Waals surface area contributed by atoms with E-state index < -0.39 is 26.5 Å². The summed E-state index contributed by atoms with van der Waals surface area (Å²) in [5.74, 6) is 8.60. The minimum atomic E-state index is -2.35. The summed E-state index contributed by atoms with van der Waals surface area (Å²) in [5.41, 5.74) is 9.52. The topological polar surface area (TPSA) is 30.7 Å². The number of para-hydroxylation sites is 3. The first-order chi connectivity index (χ1) is 29.9. The monoisotopic (exact) mass is 1040 g/mol. The van der Waals surface area contributed by atoms with E-state index in [0.29, 0.717) is 23.1 Å². The summed E-state index contributed by atoms with van der Waals surface area (Å²) in [6, 6.07) is 41.6. The largest absolute Gasteiger partial charge is 0 e. The molecule has 1 fully saturated rings. The van der Waals surface area contributed by atoms with E-state index in [1.54, 1.807) is 12.1 Å². The maximum Gasteiger partial charge on any atom is 0 e. The molecule has 1 aliphatic carbocycles. The smallest absolute Gasteiger partial charge is 0 e. The van der Waals surface area contributed by atoms with Crippen LogP contribution in [-0.2, 0) is 26.5 Å². The van der Waals surface area contributed by atoms with Crippen molar-refractivity contribution in [1.29, 1.82) is 0 Å². The number of pyridine rings is 1. The van der Waals surface area contributed by atoms with Gasteiger partial charge in [0, 0.05) is 30.5 Å². The Hall–Kier alpha value is -3.87. The minimum absolute atomic E-state index is 0. The third-order valence-corrected chi connectivity index (χ3v) is 16.8. The van der Waals surface area contributed by atoms with Gasteiger partial charge in [0.05, 0.1) is 16.9 Å². The van der Waals surface area contributed by atoms with Crippen LogP contribution in [0.4, 0.5) is 0 Å². The van der Waals surface area contributed by atoms with Crippen molar-refractivity contribution in [2.45, 2.75) is 102 Å². The fraction of sp³-hybridized carbons (Fsp3) is 0.321. The van der Waals surface area contributed by atoms with Crippen LogP contribution in [0.2, 0.25) is 17.3 Å². The van der Waals surface area contributed by atoms with Gasteiger partial charge in [0.25, 0.3) is 0 Å². The second kappa shape index (κ2) is 18.4. The van der Waals surface area contributed by atoms with Crippen molar-refractivity contribution in [3.05, 3.63) is 144 Å². The molecule has 59 heavy (non-hydrogen) atoms. The number of rotatable bonds is 8. The number of benzene rings is 5. The van der Waals surface area contributed by atoms with E-state index >= 15 is 0 Å². The average molecular weight is 1040 g/mol. The van der Waals surface area contributed by atoms with Gasteiger partial charge < -0.3 is 4.57 Å². The Balaban J connectivity index is 0.000000191. The van der Waals surface area contributed by atoms with Gasteiger partial charge in [-0.3, -0.25) is 4.98 Å². The van der Waals surface area contributed by atoms with E-state index in [0.717, 1.165) is 58.1 Å². The van der Waals surface area contributed by atoms with Crippen molar-refractivity contribution in [2.75, 3.05) is 0 Å². The van der Waals surface area contributed by atoms with Crippen molar-refractivity contribution in [1.82, 2.24) is 14.5 Å². The molecule has 0 N–H and O–H groups in total. The van der Waals surface area contributed by atoms with Crippen LogP contribution in [0.3, 0.4) is 0 Å². The molecular weight excluding hydrogens is 975 g/mol. The molecule has 0 atom stereocenters. The first-order valence-corrected chi connectivity index (χ1v) is 29.1. The van der Waals surface area contributed by atoms with Crippen molar-refractivity contribution in [2.24, 2.45) is 5.92 Å². The molecule has 3 nitrogen and oxygen atoms in total. The molecule has 0 aliphatic heterocycles. The molecule has 0 amide bonds. The van der Waals surface area contributed by atoms with E-state index in [4.69, 9.17) is 11.8 Å². The number of nitrogens with zero attached hydrogens (tertiary/aromatic N) is 3. The van der Waals surface area contributed by atoms with Crippen molar-refractivity contribution in [3.63, 3.8) is 0 Å². The summed E-state index contributed by atoms with van der Waals surface area (Å²) in [4.78, 5) is 9.80. The summed E-state index contributed by atoms with van der Waals surface area (Å²) in [7, 11) is 0. The Bertz CT molecular complexity index is 2880. The molecule has 1 saturated carbocycles. The third kappa shape index (κ3) is 9.25. The summed E-state index contributed by atoms with van der Waals surface area (Å²) in [6.07, 6.45) is 5.74. The van der Waals surface area contributed by atoms with Gasteiger partial charge in [0.1, 0.15) is 0 Å². The van der Waals surface area contributed by atoms with Gasteiger partial charge in [-0.2, -0.15) is 11.3 Å². The van der Waals surface area contributed by atoms with E-state index in [1.807, 2.05) is 23.6 Å². The van der Waals surface area contributed by atoms with Crippen LogP contribution in [-0.4, -0.2) is 27.8 Å². The summed E-state index contributed by atoms with van der Waals surface area (Å²) < 4.78 is 46.7. The van der Waals surface area contributed by atoms with Gasteiger partial charge >= 0.3 is 157 Å². The second-order valence-corrected chi connectivity index (χ2v) is 29.1. The second-order valence-electron chi connectivity index (χ2n) is 17.4. The number of aryl methyl sites for hydroxylation is 1. The fourth-order valence-corrected chi connectivity index (χ4v) is 12.4. The molecule has 1 radical (unpaired) electrons. The van der Waals surface area contributed by atoms with E-state index in [1.165, 1.54) is 49.5 Å². The molecule has 0 saturated heterocycles. The molecule has 0 unspecified atom stereocenters. The molecule has 3 aromatic heterocycles. The summed E-state index contributed by atoms with van der Waals surface area (Å²) >= 11 is -0.521. The Labute approximate surface area is 379 Å². The number of aromatic nitrogens is 3. The maximum absolute atomic E-state index is 9.04. The molecular formula is C53H57GeIrN3S-2. The van der Waals surface area contributed by atoms with E-state index in [9.17, 15) is 0 Å². The molecule has 1 aliphatic rings. The van der Waals surface area contributed by atoms with E-state index in [2.05, 4.69) is 146 Å². The predicted molar refractivity (Wildman–Crippen MR) is 253 cm³/mol. The standard InChI is InChI=1S/C31H27N2S.C22H30GeN.Ir/c1-19(2)22-11-9-12-23(20(3)4)30(22)33-27-14-7-6-13-26(27)32-31(33)21-16-17-29-25(18-21)24-10-5-8-15-28(24)34-29;1-17-10-12-19(13-11-17)22-15-20(14-18-8-6-5-7-9-18)21(16-24-22)23(2,3)4;/h5-15,17-20H,1-4H3;10-12,15-16,18H,5-9,14H2,1-4H3;/q2*-1;/i;1D3,14D2;. The zero-order chi connectivity index (χ0) is 44.8. The van der Waals surface area contributed by atoms with Gasteiger partial charge in [0.15, 0.2) is 0 Å². The molecule has 9 rings (SSSR count). The maximum atomic E-state index is 9.04.